The monoisotopic (exact) mass is 598 g/mol. The molecule has 2 bridgehead atoms. The molecule has 2 aliphatic heterocycles. The summed E-state index contributed by atoms with van der Waals surface area (Å²) in [6.45, 7) is 10.7. The zero-order valence-electron chi connectivity index (χ0n) is 26.8. The van der Waals surface area contributed by atoms with Crippen LogP contribution in [0.1, 0.15) is 75.1 Å². The molecule has 2 aromatic carbocycles. The molecule has 7 rings (SSSR count). The van der Waals surface area contributed by atoms with E-state index in [2.05, 4.69) is 42.7 Å². The fourth-order valence-electron chi connectivity index (χ4n) is 9.03. The van der Waals surface area contributed by atoms with Gasteiger partial charge in [0.15, 0.2) is 11.5 Å². The van der Waals surface area contributed by atoms with Gasteiger partial charge >= 0.3 is 5.97 Å². The normalized spacial score (nSPS) is 28.5. The van der Waals surface area contributed by atoms with Gasteiger partial charge in [-0.05, 0) is 81.4 Å². The van der Waals surface area contributed by atoms with E-state index in [9.17, 15) is 9.59 Å². The number of rotatable bonds is 9. The van der Waals surface area contributed by atoms with Crippen LogP contribution in [0.3, 0.4) is 0 Å². The minimum atomic E-state index is -0.325. The quantitative estimate of drug-likeness (QED) is 0.202. The summed E-state index contributed by atoms with van der Waals surface area (Å²) in [6, 6.07) is 10.4. The van der Waals surface area contributed by atoms with Gasteiger partial charge in [-0.2, -0.15) is 0 Å². The number of hydrogen-bond acceptors (Lipinski definition) is 6. The second-order valence-corrected chi connectivity index (χ2v) is 14.3. The minimum Gasteiger partial charge on any atom is -0.493 e. The van der Waals surface area contributed by atoms with Gasteiger partial charge in [0.05, 0.1) is 13.2 Å². The number of amides is 1. The highest BCUT2D eigenvalue weighted by molar-refractivity contribution is 5.92. The van der Waals surface area contributed by atoms with E-state index >= 15 is 0 Å². The fourth-order valence-corrected chi connectivity index (χ4v) is 9.03. The number of nitrogens with zero attached hydrogens (tertiary/aromatic N) is 2. The first-order valence-electron chi connectivity index (χ1n) is 16.6. The van der Waals surface area contributed by atoms with E-state index in [1.807, 2.05) is 24.3 Å². The standard InChI is InChI=1S/C37H46N2O5/c1-22(2)20-39(33(41)14-11-25-8-6-7-23(3)17-25)29-13-12-28-30-18-27-31(43-24(4)40)19-32(42-5)35-34(27)37(28,36(29)44-35)15-16-38(30)21-26-9-10-26/h6-8,11,14,17,19,22,26,28-30,36H,9-10,12-13,15-16,18,20-21H2,1-5H3/t28-,29+,30+,36-,37-/m0/s1. The third-order valence-electron chi connectivity index (χ3n) is 10.8. The summed E-state index contributed by atoms with van der Waals surface area (Å²) < 4.78 is 18.9. The van der Waals surface area contributed by atoms with Crippen LogP contribution >= 0.6 is 0 Å². The number of hydrogen-bond donors (Lipinski definition) is 0. The molecule has 5 atom stereocenters. The van der Waals surface area contributed by atoms with Gasteiger partial charge in [0, 0.05) is 54.7 Å². The molecule has 0 radical (unpaired) electrons. The Kier molecular flexibility index (Phi) is 7.51. The van der Waals surface area contributed by atoms with Gasteiger partial charge < -0.3 is 19.1 Å². The first kappa shape index (κ1) is 29.4. The number of methoxy groups -OCH3 is 1. The maximum absolute atomic E-state index is 14.1. The van der Waals surface area contributed by atoms with Gasteiger partial charge in [0.2, 0.25) is 5.91 Å². The van der Waals surface area contributed by atoms with E-state index in [1.165, 1.54) is 30.9 Å². The lowest BCUT2D eigenvalue weighted by molar-refractivity contribution is -0.139. The molecule has 234 valence electrons. The van der Waals surface area contributed by atoms with Crippen molar-refractivity contribution in [1.82, 2.24) is 9.80 Å². The van der Waals surface area contributed by atoms with Crippen molar-refractivity contribution >= 4 is 18.0 Å². The van der Waals surface area contributed by atoms with Gasteiger partial charge in [-0.15, -0.1) is 0 Å². The topological polar surface area (TPSA) is 68.3 Å². The molecule has 2 aromatic rings. The van der Waals surface area contributed by atoms with E-state index in [1.54, 1.807) is 13.2 Å². The minimum absolute atomic E-state index is 0.0333. The molecule has 2 saturated carbocycles. The lowest BCUT2D eigenvalue weighted by atomic mass is 9.50. The highest BCUT2D eigenvalue weighted by Gasteiger charge is 2.67. The second kappa shape index (κ2) is 11.2. The summed E-state index contributed by atoms with van der Waals surface area (Å²) in [7, 11) is 1.66. The van der Waals surface area contributed by atoms with Crippen LogP contribution in [0.5, 0.6) is 17.2 Å². The number of benzene rings is 2. The Labute approximate surface area is 261 Å². The van der Waals surface area contributed by atoms with Crippen LogP contribution in [0.2, 0.25) is 0 Å². The zero-order valence-corrected chi connectivity index (χ0v) is 26.8. The first-order valence-corrected chi connectivity index (χ1v) is 16.6. The summed E-state index contributed by atoms with van der Waals surface area (Å²) >= 11 is 0. The van der Waals surface area contributed by atoms with Crippen molar-refractivity contribution < 1.29 is 23.8 Å². The molecule has 3 fully saturated rings. The molecule has 7 nitrogen and oxygen atoms in total. The predicted octanol–water partition coefficient (Wildman–Crippen LogP) is 5.94. The third-order valence-corrected chi connectivity index (χ3v) is 10.8. The van der Waals surface area contributed by atoms with Crippen LogP contribution in [0.25, 0.3) is 6.08 Å². The van der Waals surface area contributed by atoms with Gasteiger partial charge in [-0.25, -0.2) is 0 Å². The predicted molar refractivity (Wildman–Crippen MR) is 170 cm³/mol. The molecule has 1 spiro atoms. The van der Waals surface area contributed by atoms with Crippen LogP contribution < -0.4 is 14.2 Å². The number of ether oxygens (including phenoxy) is 3. The Morgan fingerprint density at radius 2 is 1.98 bits per heavy atom. The van der Waals surface area contributed by atoms with Crippen LogP contribution in [0, 0.1) is 24.7 Å². The Hall–Kier alpha value is -3.32. The largest absolute Gasteiger partial charge is 0.493 e. The Morgan fingerprint density at radius 3 is 2.68 bits per heavy atom. The third kappa shape index (κ3) is 4.92. The smallest absolute Gasteiger partial charge is 0.308 e. The van der Waals surface area contributed by atoms with Gasteiger partial charge in [0.25, 0.3) is 0 Å². The molecule has 7 heteroatoms. The fraction of sp³-hybridized carbons (Fsp3) is 0.568. The second-order valence-electron chi connectivity index (χ2n) is 14.3. The van der Waals surface area contributed by atoms with Crippen molar-refractivity contribution in [3.05, 3.63) is 58.7 Å². The molecule has 5 aliphatic rings. The molecule has 0 unspecified atom stereocenters. The summed E-state index contributed by atoms with van der Waals surface area (Å²) in [5.41, 5.74) is 4.23. The zero-order chi connectivity index (χ0) is 30.7. The summed E-state index contributed by atoms with van der Waals surface area (Å²) in [5, 5.41) is 0. The van der Waals surface area contributed by atoms with Gasteiger partial charge in [-0.3, -0.25) is 14.5 Å². The number of carbonyl (C=O) groups is 2. The number of carbonyl (C=O) groups excluding carboxylic acids is 2. The molecule has 1 amide bonds. The van der Waals surface area contributed by atoms with Crippen molar-refractivity contribution in [2.24, 2.45) is 17.8 Å². The molecular formula is C37H46N2O5. The van der Waals surface area contributed by atoms with Crippen LogP contribution in [0.15, 0.2) is 36.4 Å². The van der Waals surface area contributed by atoms with E-state index in [4.69, 9.17) is 14.2 Å². The SMILES string of the molecule is COc1cc(OC(C)=O)c2c3c1O[C@H]1[C@H](N(CC(C)C)C(=O)C=Cc4cccc(C)c4)CC[C@H]4[C@@H](C2)N(CC2CC2)CC[C@@]341. The summed E-state index contributed by atoms with van der Waals surface area (Å²) in [4.78, 5) is 31.2. The average Bonchev–Trinajstić information content (AvgIpc) is 3.74. The summed E-state index contributed by atoms with van der Waals surface area (Å²) in [6.07, 6.45) is 9.92. The van der Waals surface area contributed by atoms with E-state index in [0.717, 1.165) is 61.6 Å². The van der Waals surface area contributed by atoms with Crippen molar-refractivity contribution in [3.8, 4) is 17.2 Å². The molecule has 2 heterocycles. The molecule has 0 aromatic heterocycles. The lowest BCUT2D eigenvalue weighted by Crippen LogP contribution is -2.69. The number of esters is 1. The highest BCUT2D eigenvalue weighted by Crippen LogP contribution is 2.66. The van der Waals surface area contributed by atoms with Crippen molar-refractivity contribution in [1.29, 1.82) is 0 Å². The Balaban J connectivity index is 1.31. The van der Waals surface area contributed by atoms with Crippen molar-refractivity contribution in [3.63, 3.8) is 0 Å². The number of likely N-dealkylation sites (tertiary alicyclic amines) is 1. The maximum Gasteiger partial charge on any atom is 0.308 e. The van der Waals surface area contributed by atoms with E-state index in [0.29, 0.717) is 35.9 Å². The van der Waals surface area contributed by atoms with Crippen LogP contribution in [-0.2, 0) is 21.4 Å². The molecule has 0 N–H and O–H groups in total. The molecule has 1 saturated heterocycles. The average molecular weight is 599 g/mol. The molecule has 44 heavy (non-hydrogen) atoms. The molecule has 3 aliphatic carbocycles. The number of aryl methyl sites for hydroxylation is 1. The van der Waals surface area contributed by atoms with E-state index in [-0.39, 0.29) is 29.4 Å². The van der Waals surface area contributed by atoms with Gasteiger partial charge in [0.1, 0.15) is 11.9 Å². The Bertz CT molecular complexity index is 1490. The first-order chi connectivity index (χ1) is 21.2. The summed E-state index contributed by atoms with van der Waals surface area (Å²) in [5.74, 6) is 3.25. The van der Waals surface area contributed by atoms with Crippen LogP contribution in [0.4, 0.5) is 0 Å². The highest BCUT2D eigenvalue weighted by atomic mass is 16.5. The lowest BCUT2D eigenvalue weighted by Gasteiger charge is -2.60. The maximum atomic E-state index is 14.1. The van der Waals surface area contributed by atoms with Gasteiger partial charge in [-0.1, -0.05) is 43.7 Å². The molecular weight excluding hydrogens is 552 g/mol. The van der Waals surface area contributed by atoms with E-state index < -0.39 is 0 Å². The Morgan fingerprint density at radius 1 is 1.16 bits per heavy atom. The van der Waals surface area contributed by atoms with Crippen molar-refractivity contribution in [2.75, 3.05) is 26.7 Å². The van der Waals surface area contributed by atoms with Crippen molar-refractivity contribution in [2.45, 2.75) is 89.8 Å². The number of piperidine rings is 1. The van der Waals surface area contributed by atoms with Crippen LogP contribution in [-0.4, -0.2) is 66.6 Å².